The van der Waals surface area contributed by atoms with E-state index in [1.165, 1.54) is 11.3 Å². The molecule has 0 saturated carbocycles. The van der Waals surface area contributed by atoms with E-state index >= 15 is 0 Å². The molecule has 14 heavy (non-hydrogen) atoms. The van der Waals surface area contributed by atoms with E-state index in [4.69, 9.17) is 11.6 Å². The van der Waals surface area contributed by atoms with Gasteiger partial charge in [-0.25, -0.2) is 0 Å². The quantitative estimate of drug-likeness (QED) is 0.852. The topological polar surface area (TPSA) is 29.1 Å². The van der Waals surface area contributed by atoms with Crippen molar-refractivity contribution in [3.63, 3.8) is 0 Å². The van der Waals surface area contributed by atoms with Gasteiger partial charge in [-0.2, -0.15) is 0 Å². The number of rotatable bonds is 3. The van der Waals surface area contributed by atoms with Crippen LogP contribution in [0, 0.1) is 0 Å². The number of carbonyl (C=O) groups excluding carboxylic acids is 1. The van der Waals surface area contributed by atoms with Crippen LogP contribution < -0.4 is 5.32 Å². The molecule has 1 aromatic rings. The number of amides is 1. The van der Waals surface area contributed by atoms with E-state index in [0.29, 0.717) is 0 Å². The summed E-state index contributed by atoms with van der Waals surface area (Å²) in [7, 11) is 0. The van der Waals surface area contributed by atoms with Gasteiger partial charge in [-0.1, -0.05) is 0 Å². The Labute approximate surface area is 101 Å². The summed E-state index contributed by atoms with van der Waals surface area (Å²) in [6.45, 7) is 3.82. The smallest absolute Gasteiger partial charge is 0.243 e. The van der Waals surface area contributed by atoms with Crippen molar-refractivity contribution in [2.75, 3.05) is 0 Å². The molecule has 0 bridgehead atoms. The second kappa shape index (κ2) is 5.14. The van der Waals surface area contributed by atoms with E-state index in [9.17, 15) is 4.79 Å². The second-order valence-electron chi connectivity index (χ2n) is 3.16. The predicted molar refractivity (Wildman–Crippen MR) is 63.9 cm³/mol. The summed E-state index contributed by atoms with van der Waals surface area (Å²) in [5.74, 6) is -0.148. The van der Waals surface area contributed by atoms with Gasteiger partial charge in [0.05, 0.1) is 0 Å². The summed E-state index contributed by atoms with van der Waals surface area (Å²) in [6, 6.07) is 2.00. The summed E-state index contributed by atoms with van der Waals surface area (Å²) < 4.78 is 0.890. The molecular weight excluding hydrogens is 286 g/mol. The molecule has 1 unspecified atom stereocenters. The van der Waals surface area contributed by atoms with Crippen LogP contribution in [0.15, 0.2) is 15.9 Å². The van der Waals surface area contributed by atoms with Gasteiger partial charge in [0.1, 0.15) is 5.38 Å². The zero-order valence-electron chi connectivity index (χ0n) is 7.88. The predicted octanol–water partition coefficient (Wildman–Crippen LogP) is 3.32. The third-order valence-corrected chi connectivity index (χ3v) is 4.02. The monoisotopic (exact) mass is 295 g/mol. The number of alkyl halides is 1. The number of halogens is 2. The third kappa shape index (κ3) is 2.97. The van der Waals surface area contributed by atoms with Crippen molar-refractivity contribution in [2.24, 2.45) is 0 Å². The minimum absolute atomic E-state index is 0.113. The molecule has 1 rings (SSSR count). The van der Waals surface area contributed by atoms with Crippen LogP contribution >= 0.6 is 38.9 Å². The van der Waals surface area contributed by atoms with Crippen LogP contribution in [-0.4, -0.2) is 11.9 Å². The van der Waals surface area contributed by atoms with Crippen LogP contribution in [0.1, 0.15) is 24.1 Å². The van der Waals surface area contributed by atoms with Crippen molar-refractivity contribution in [1.29, 1.82) is 0 Å². The lowest BCUT2D eigenvalue weighted by Crippen LogP contribution is -2.32. The highest BCUT2D eigenvalue weighted by Gasteiger charge is 2.21. The minimum Gasteiger partial charge on any atom is -0.352 e. The molecule has 0 saturated heterocycles. The Morgan fingerprint density at radius 3 is 2.71 bits per heavy atom. The standard InChI is InChI=1S/C9H11BrClNOS/c1-5(2)12-9(13)7(11)8-6(10)3-4-14-8/h3-5,7H,1-2H3,(H,12,13). The molecule has 2 nitrogen and oxygen atoms in total. The van der Waals surface area contributed by atoms with Crippen molar-refractivity contribution in [3.05, 3.63) is 20.8 Å². The lowest BCUT2D eigenvalue weighted by Gasteiger charge is -2.12. The van der Waals surface area contributed by atoms with Crippen molar-refractivity contribution < 1.29 is 4.79 Å². The van der Waals surface area contributed by atoms with Crippen LogP contribution in [0.4, 0.5) is 0 Å². The maximum Gasteiger partial charge on any atom is 0.243 e. The molecule has 0 aliphatic heterocycles. The molecule has 1 heterocycles. The van der Waals surface area contributed by atoms with Crippen molar-refractivity contribution in [2.45, 2.75) is 25.3 Å². The lowest BCUT2D eigenvalue weighted by atomic mass is 10.3. The average Bonchev–Trinajstić information content (AvgIpc) is 2.48. The first kappa shape index (κ1) is 12.0. The van der Waals surface area contributed by atoms with E-state index in [-0.39, 0.29) is 11.9 Å². The molecule has 1 N–H and O–H groups in total. The third-order valence-electron chi connectivity index (χ3n) is 1.54. The fraction of sp³-hybridized carbons (Fsp3) is 0.444. The summed E-state index contributed by atoms with van der Waals surface area (Å²) in [5.41, 5.74) is 0. The van der Waals surface area contributed by atoms with Crippen LogP contribution in [0.25, 0.3) is 0 Å². The molecule has 0 aromatic carbocycles. The van der Waals surface area contributed by atoms with E-state index in [1.54, 1.807) is 0 Å². The van der Waals surface area contributed by atoms with Gasteiger partial charge in [-0.3, -0.25) is 4.79 Å². The van der Waals surface area contributed by atoms with Gasteiger partial charge in [0.25, 0.3) is 0 Å². The Kier molecular flexibility index (Phi) is 4.41. The van der Waals surface area contributed by atoms with E-state index < -0.39 is 5.38 Å². The van der Waals surface area contributed by atoms with E-state index in [0.717, 1.165) is 9.35 Å². The van der Waals surface area contributed by atoms with Gasteiger partial charge in [0.2, 0.25) is 5.91 Å². The van der Waals surface area contributed by atoms with Gasteiger partial charge < -0.3 is 5.32 Å². The molecule has 78 valence electrons. The van der Waals surface area contributed by atoms with Crippen molar-refractivity contribution in [1.82, 2.24) is 5.32 Å². The molecule has 0 aliphatic carbocycles. The molecule has 1 aromatic heterocycles. The molecule has 1 atom stereocenters. The lowest BCUT2D eigenvalue weighted by molar-refractivity contribution is -0.121. The average molecular weight is 297 g/mol. The van der Waals surface area contributed by atoms with Gasteiger partial charge in [-0.05, 0) is 41.2 Å². The SMILES string of the molecule is CC(C)NC(=O)C(Cl)c1sccc1Br. The maximum atomic E-state index is 11.5. The molecule has 0 spiro atoms. The van der Waals surface area contributed by atoms with Crippen LogP contribution in [-0.2, 0) is 4.79 Å². The fourth-order valence-electron chi connectivity index (χ4n) is 0.963. The van der Waals surface area contributed by atoms with E-state index in [2.05, 4.69) is 21.2 Å². The highest BCUT2D eigenvalue weighted by atomic mass is 79.9. The molecular formula is C9H11BrClNOS. The molecule has 1 amide bonds. The molecule has 0 aliphatic rings. The maximum absolute atomic E-state index is 11.5. The van der Waals surface area contributed by atoms with Gasteiger partial charge in [0.15, 0.2) is 0 Å². The Morgan fingerprint density at radius 2 is 2.29 bits per heavy atom. The summed E-state index contributed by atoms with van der Waals surface area (Å²) in [6.07, 6.45) is 0. The van der Waals surface area contributed by atoms with Gasteiger partial charge >= 0.3 is 0 Å². The number of carbonyl (C=O) groups is 1. The summed E-state index contributed by atoms with van der Waals surface area (Å²) >= 11 is 10.8. The normalized spacial score (nSPS) is 12.9. The highest BCUT2D eigenvalue weighted by molar-refractivity contribution is 9.10. The summed E-state index contributed by atoms with van der Waals surface area (Å²) in [4.78, 5) is 12.4. The zero-order valence-corrected chi connectivity index (χ0v) is 11.0. The first-order chi connectivity index (χ1) is 6.52. The first-order valence-electron chi connectivity index (χ1n) is 4.19. The molecule has 0 radical (unpaired) electrons. The second-order valence-corrected chi connectivity index (χ2v) is 5.40. The summed E-state index contributed by atoms with van der Waals surface area (Å²) in [5, 5.41) is 4.07. The Hall–Kier alpha value is -0.0600. The largest absolute Gasteiger partial charge is 0.352 e. The molecule has 0 fully saturated rings. The first-order valence-corrected chi connectivity index (χ1v) is 6.30. The number of nitrogens with one attached hydrogen (secondary N) is 1. The Bertz CT molecular complexity index is 326. The number of hydrogen-bond donors (Lipinski definition) is 1. The van der Waals surface area contributed by atoms with Crippen LogP contribution in [0.3, 0.4) is 0 Å². The van der Waals surface area contributed by atoms with Gasteiger partial charge in [-0.15, -0.1) is 22.9 Å². The van der Waals surface area contributed by atoms with Crippen LogP contribution in [0.5, 0.6) is 0 Å². The molecule has 5 heteroatoms. The Morgan fingerprint density at radius 1 is 1.64 bits per heavy atom. The van der Waals surface area contributed by atoms with Crippen molar-refractivity contribution in [3.8, 4) is 0 Å². The Balaban J connectivity index is 2.71. The van der Waals surface area contributed by atoms with Crippen molar-refractivity contribution >= 4 is 44.8 Å². The minimum atomic E-state index is -0.605. The highest BCUT2D eigenvalue weighted by Crippen LogP contribution is 2.33. The zero-order chi connectivity index (χ0) is 10.7. The fourth-order valence-corrected chi connectivity index (χ4v) is 3.00. The van der Waals surface area contributed by atoms with Crippen LogP contribution in [0.2, 0.25) is 0 Å². The van der Waals surface area contributed by atoms with Gasteiger partial charge in [0, 0.05) is 15.4 Å². The number of thiophene rings is 1. The van der Waals surface area contributed by atoms with E-state index in [1.807, 2.05) is 25.3 Å². The number of hydrogen-bond acceptors (Lipinski definition) is 2.